The third-order valence-corrected chi connectivity index (χ3v) is 2.47. The van der Waals surface area contributed by atoms with E-state index in [1.165, 1.54) is 0 Å². The van der Waals surface area contributed by atoms with Gasteiger partial charge in [-0.15, -0.1) is 0 Å². The van der Waals surface area contributed by atoms with Gasteiger partial charge in [0, 0.05) is 12.4 Å². The molecule has 0 aromatic carbocycles. The number of nitrogens with zero attached hydrogens (tertiary/aromatic N) is 2. The fraction of sp³-hybridized carbons (Fsp3) is 0.429. The quantitative estimate of drug-likeness (QED) is 0.765. The van der Waals surface area contributed by atoms with Gasteiger partial charge in [0.15, 0.2) is 0 Å². The maximum atomic E-state index is 11.7. The van der Waals surface area contributed by atoms with Gasteiger partial charge in [-0.2, -0.15) is 0 Å². The second-order valence-electron chi connectivity index (χ2n) is 5.42. The van der Waals surface area contributed by atoms with Gasteiger partial charge in [0.25, 0.3) is 0 Å². The van der Waals surface area contributed by atoms with Gasteiger partial charge < -0.3 is 9.14 Å². The van der Waals surface area contributed by atoms with E-state index >= 15 is 0 Å². The Morgan fingerprint density at radius 2 is 2.17 bits per heavy atom. The highest BCUT2D eigenvalue weighted by Gasteiger charge is 2.17. The summed E-state index contributed by atoms with van der Waals surface area (Å²) in [4.78, 5) is 16.2. The molecule has 0 aliphatic rings. The molecule has 0 unspecified atom stereocenters. The summed E-state index contributed by atoms with van der Waals surface area (Å²) in [5, 5.41) is 0. The van der Waals surface area contributed by atoms with Crippen LogP contribution in [0, 0.1) is 6.92 Å². The Balaban J connectivity index is 2.18. The van der Waals surface area contributed by atoms with Gasteiger partial charge in [-0.25, -0.2) is 4.98 Å². The van der Waals surface area contributed by atoms with Crippen LogP contribution in [0.3, 0.4) is 0 Å². The number of pyridine rings is 1. The van der Waals surface area contributed by atoms with E-state index in [1.54, 1.807) is 0 Å². The molecule has 0 aliphatic carbocycles. The molecule has 0 fully saturated rings. The van der Waals surface area contributed by atoms with Gasteiger partial charge >= 0.3 is 5.97 Å². The molecule has 0 N–H and O–H groups in total. The molecule has 18 heavy (non-hydrogen) atoms. The lowest BCUT2D eigenvalue weighted by Gasteiger charge is -2.18. The largest absolute Gasteiger partial charge is 0.460 e. The van der Waals surface area contributed by atoms with E-state index in [4.69, 9.17) is 4.74 Å². The molecule has 0 saturated heterocycles. The van der Waals surface area contributed by atoms with Crippen molar-refractivity contribution >= 4 is 11.6 Å². The molecule has 0 bridgehead atoms. The highest BCUT2D eigenvalue weighted by molar-refractivity contribution is 5.72. The van der Waals surface area contributed by atoms with Crippen LogP contribution < -0.4 is 0 Å². The first kappa shape index (κ1) is 12.6. The summed E-state index contributed by atoms with van der Waals surface area (Å²) in [6.45, 7) is 7.58. The highest BCUT2D eigenvalue weighted by Crippen LogP contribution is 2.12. The van der Waals surface area contributed by atoms with Crippen molar-refractivity contribution in [2.45, 2.75) is 39.7 Å². The van der Waals surface area contributed by atoms with Crippen molar-refractivity contribution in [3.05, 3.63) is 35.8 Å². The third-order valence-electron chi connectivity index (χ3n) is 2.47. The van der Waals surface area contributed by atoms with Crippen LogP contribution in [0.5, 0.6) is 0 Å². The van der Waals surface area contributed by atoms with E-state index in [0.29, 0.717) is 0 Å². The lowest BCUT2D eigenvalue weighted by molar-refractivity contribution is -0.153. The first-order chi connectivity index (χ1) is 8.35. The van der Waals surface area contributed by atoms with Gasteiger partial charge in [0.2, 0.25) is 0 Å². The summed E-state index contributed by atoms with van der Waals surface area (Å²) in [7, 11) is 0. The number of carbonyl (C=O) groups excluding carboxylic acids is 1. The van der Waals surface area contributed by atoms with Crippen LogP contribution in [0.4, 0.5) is 0 Å². The number of rotatable bonds is 2. The summed E-state index contributed by atoms with van der Waals surface area (Å²) in [5.74, 6) is -0.247. The molecule has 2 aromatic heterocycles. The minimum absolute atomic E-state index is 0.207. The SMILES string of the molecule is Cc1cccn2cc(CC(=O)OC(C)(C)C)nc12. The molecular weight excluding hydrogens is 228 g/mol. The Kier molecular flexibility index (Phi) is 3.11. The van der Waals surface area contributed by atoms with Crippen LogP contribution in [0.2, 0.25) is 0 Å². The molecule has 0 spiro atoms. The van der Waals surface area contributed by atoms with Crippen molar-refractivity contribution < 1.29 is 9.53 Å². The van der Waals surface area contributed by atoms with Crippen molar-refractivity contribution in [3.8, 4) is 0 Å². The molecular formula is C14H18N2O2. The van der Waals surface area contributed by atoms with Crippen LogP contribution in [0.25, 0.3) is 5.65 Å². The summed E-state index contributed by atoms with van der Waals surface area (Å²) in [6.07, 6.45) is 4.00. The first-order valence-corrected chi connectivity index (χ1v) is 6.00. The number of ether oxygens (including phenoxy) is 1. The number of carbonyl (C=O) groups is 1. The molecule has 0 saturated carbocycles. The minimum atomic E-state index is -0.452. The lowest BCUT2D eigenvalue weighted by atomic mass is 10.2. The zero-order valence-corrected chi connectivity index (χ0v) is 11.2. The van der Waals surface area contributed by atoms with E-state index in [0.717, 1.165) is 16.9 Å². The molecule has 2 heterocycles. The average Bonchev–Trinajstić information content (AvgIpc) is 2.58. The number of fused-ring (bicyclic) bond motifs is 1. The normalized spacial score (nSPS) is 11.8. The van der Waals surface area contributed by atoms with Crippen molar-refractivity contribution in [1.29, 1.82) is 0 Å². The van der Waals surface area contributed by atoms with Crippen molar-refractivity contribution in [1.82, 2.24) is 9.38 Å². The number of hydrogen-bond donors (Lipinski definition) is 0. The van der Waals surface area contributed by atoms with Crippen molar-refractivity contribution in [2.75, 3.05) is 0 Å². The Morgan fingerprint density at radius 1 is 1.44 bits per heavy atom. The predicted octanol–water partition coefficient (Wildman–Crippen LogP) is 2.53. The molecule has 0 amide bonds. The Morgan fingerprint density at radius 3 is 2.78 bits per heavy atom. The molecule has 0 aliphatic heterocycles. The Labute approximate surface area is 107 Å². The van der Waals surface area contributed by atoms with E-state index in [-0.39, 0.29) is 12.4 Å². The molecule has 0 radical (unpaired) electrons. The van der Waals surface area contributed by atoms with E-state index < -0.39 is 5.60 Å². The van der Waals surface area contributed by atoms with Gasteiger partial charge in [0.05, 0.1) is 12.1 Å². The second kappa shape index (κ2) is 4.44. The maximum Gasteiger partial charge on any atom is 0.312 e. The average molecular weight is 246 g/mol. The first-order valence-electron chi connectivity index (χ1n) is 6.00. The zero-order valence-electron chi connectivity index (χ0n) is 11.2. The highest BCUT2D eigenvalue weighted by atomic mass is 16.6. The van der Waals surface area contributed by atoms with Crippen LogP contribution in [-0.4, -0.2) is 21.0 Å². The number of aromatic nitrogens is 2. The van der Waals surface area contributed by atoms with Gasteiger partial charge in [0.1, 0.15) is 11.2 Å². The molecule has 2 aromatic rings. The van der Waals surface area contributed by atoms with E-state index in [1.807, 2.05) is 56.6 Å². The number of hydrogen-bond acceptors (Lipinski definition) is 3. The minimum Gasteiger partial charge on any atom is -0.460 e. The van der Waals surface area contributed by atoms with Crippen LogP contribution in [0.15, 0.2) is 24.5 Å². The summed E-state index contributed by atoms with van der Waals surface area (Å²) < 4.78 is 7.21. The molecule has 0 atom stereocenters. The smallest absolute Gasteiger partial charge is 0.312 e. The zero-order chi connectivity index (χ0) is 13.3. The Hall–Kier alpha value is -1.84. The van der Waals surface area contributed by atoms with Gasteiger partial charge in [-0.05, 0) is 39.3 Å². The van der Waals surface area contributed by atoms with E-state index in [2.05, 4.69) is 4.98 Å². The molecule has 96 valence electrons. The molecule has 4 heteroatoms. The van der Waals surface area contributed by atoms with E-state index in [9.17, 15) is 4.79 Å². The molecule has 4 nitrogen and oxygen atoms in total. The fourth-order valence-electron chi connectivity index (χ4n) is 1.82. The standard InChI is InChI=1S/C14H18N2O2/c1-10-6-5-7-16-9-11(15-13(10)16)8-12(17)18-14(2,3)4/h5-7,9H,8H2,1-4H3. The summed E-state index contributed by atoms with van der Waals surface area (Å²) in [5.41, 5.74) is 2.26. The third kappa shape index (κ3) is 2.88. The van der Waals surface area contributed by atoms with Crippen LogP contribution in [-0.2, 0) is 16.0 Å². The Bertz CT molecular complexity index is 579. The summed E-state index contributed by atoms with van der Waals surface area (Å²) in [6, 6.07) is 3.96. The summed E-state index contributed by atoms with van der Waals surface area (Å²) >= 11 is 0. The number of esters is 1. The fourth-order valence-corrected chi connectivity index (χ4v) is 1.82. The predicted molar refractivity (Wildman–Crippen MR) is 69.5 cm³/mol. The number of aryl methyl sites for hydroxylation is 1. The van der Waals surface area contributed by atoms with Crippen LogP contribution in [0.1, 0.15) is 32.0 Å². The monoisotopic (exact) mass is 246 g/mol. The van der Waals surface area contributed by atoms with Gasteiger partial charge in [-0.1, -0.05) is 6.07 Å². The number of imidazole rings is 1. The van der Waals surface area contributed by atoms with Gasteiger partial charge in [-0.3, -0.25) is 4.79 Å². The van der Waals surface area contributed by atoms with Crippen molar-refractivity contribution in [2.24, 2.45) is 0 Å². The lowest BCUT2D eigenvalue weighted by Crippen LogP contribution is -2.24. The molecule has 2 rings (SSSR count). The second-order valence-corrected chi connectivity index (χ2v) is 5.42. The maximum absolute atomic E-state index is 11.7. The van der Waals surface area contributed by atoms with Crippen molar-refractivity contribution in [3.63, 3.8) is 0 Å². The van der Waals surface area contributed by atoms with Crippen LogP contribution >= 0.6 is 0 Å². The topological polar surface area (TPSA) is 43.6 Å².